The van der Waals surface area contributed by atoms with E-state index in [1.54, 1.807) is 0 Å². The molecule has 1 N–H and O–H groups in total. The lowest BCUT2D eigenvalue weighted by Crippen LogP contribution is -2.40. The molecule has 1 heterocycles. The van der Waals surface area contributed by atoms with Gasteiger partial charge in [0.15, 0.2) is 0 Å². The van der Waals surface area contributed by atoms with Gasteiger partial charge in [0.25, 0.3) is 0 Å². The van der Waals surface area contributed by atoms with Gasteiger partial charge in [0, 0.05) is 6.04 Å². The second-order valence-corrected chi connectivity index (χ2v) is 6.12. The van der Waals surface area contributed by atoms with E-state index >= 15 is 0 Å². The Morgan fingerprint density at radius 3 is 2.33 bits per heavy atom. The van der Waals surface area contributed by atoms with Crippen molar-refractivity contribution in [3.8, 4) is 0 Å². The zero-order valence-electron chi connectivity index (χ0n) is 12.2. The van der Waals surface area contributed by atoms with Crippen LogP contribution in [0.1, 0.15) is 52.4 Å². The molecule has 0 amide bonds. The molecule has 1 aliphatic carbocycles. The molecule has 1 aliphatic heterocycles. The molecule has 3 heteroatoms. The molecular formula is C15H29NO2. The van der Waals surface area contributed by atoms with Gasteiger partial charge < -0.3 is 14.8 Å². The molecule has 0 aromatic heterocycles. The van der Waals surface area contributed by atoms with Crippen molar-refractivity contribution >= 4 is 0 Å². The summed E-state index contributed by atoms with van der Waals surface area (Å²) in [5.74, 6) is 0.824. The zero-order chi connectivity index (χ0) is 13.0. The lowest BCUT2D eigenvalue weighted by molar-refractivity contribution is -0.106. The van der Waals surface area contributed by atoms with E-state index in [4.69, 9.17) is 9.47 Å². The molecule has 18 heavy (non-hydrogen) atoms. The highest BCUT2D eigenvalue weighted by Gasteiger charge is 2.28. The van der Waals surface area contributed by atoms with Gasteiger partial charge in [-0.3, -0.25) is 0 Å². The summed E-state index contributed by atoms with van der Waals surface area (Å²) in [7, 11) is 2.07. The third-order valence-electron chi connectivity index (χ3n) is 4.51. The van der Waals surface area contributed by atoms with Crippen LogP contribution in [-0.2, 0) is 9.47 Å². The predicted molar refractivity (Wildman–Crippen MR) is 73.8 cm³/mol. The smallest absolute Gasteiger partial charge is 0.0626 e. The van der Waals surface area contributed by atoms with Crippen molar-refractivity contribution in [1.29, 1.82) is 0 Å². The van der Waals surface area contributed by atoms with Crippen LogP contribution in [-0.4, -0.2) is 38.0 Å². The van der Waals surface area contributed by atoms with Crippen molar-refractivity contribution in [2.75, 3.05) is 13.7 Å². The minimum Gasteiger partial charge on any atom is -0.376 e. The van der Waals surface area contributed by atoms with E-state index in [-0.39, 0.29) is 0 Å². The summed E-state index contributed by atoms with van der Waals surface area (Å²) in [5.41, 5.74) is 0. The van der Waals surface area contributed by atoms with Crippen molar-refractivity contribution < 1.29 is 9.47 Å². The Labute approximate surface area is 112 Å². The van der Waals surface area contributed by atoms with Crippen LogP contribution in [0.25, 0.3) is 0 Å². The van der Waals surface area contributed by atoms with E-state index < -0.39 is 0 Å². The van der Waals surface area contributed by atoms with Crippen LogP contribution in [0.4, 0.5) is 0 Å². The molecule has 3 unspecified atom stereocenters. The summed E-state index contributed by atoms with van der Waals surface area (Å²) in [4.78, 5) is 0. The van der Waals surface area contributed by atoms with Crippen molar-refractivity contribution in [2.24, 2.45) is 5.92 Å². The number of hydrogen-bond acceptors (Lipinski definition) is 3. The lowest BCUT2D eigenvalue weighted by atomic mass is 9.98. The largest absolute Gasteiger partial charge is 0.376 e. The summed E-state index contributed by atoms with van der Waals surface area (Å²) >= 11 is 0. The van der Waals surface area contributed by atoms with Crippen LogP contribution in [0.2, 0.25) is 0 Å². The van der Waals surface area contributed by atoms with Crippen LogP contribution >= 0.6 is 0 Å². The second-order valence-electron chi connectivity index (χ2n) is 6.12. The fourth-order valence-corrected chi connectivity index (χ4v) is 3.54. The maximum absolute atomic E-state index is 6.15. The average molecular weight is 255 g/mol. The normalized spacial score (nSPS) is 35.8. The molecule has 0 spiro atoms. The summed E-state index contributed by atoms with van der Waals surface area (Å²) < 4.78 is 11.9. The molecule has 2 rings (SSSR count). The second kappa shape index (κ2) is 6.88. The molecule has 2 fully saturated rings. The Morgan fingerprint density at radius 1 is 1.17 bits per heavy atom. The Hall–Kier alpha value is -0.120. The van der Waals surface area contributed by atoms with Crippen LogP contribution < -0.4 is 5.32 Å². The van der Waals surface area contributed by atoms with Gasteiger partial charge in [-0.15, -0.1) is 0 Å². The maximum atomic E-state index is 6.15. The van der Waals surface area contributed by atoms with Crippen LogP contribution in [0, 0.1) is 5.92 Å². The van der Waals surface area contributed by atoms with E-state index in [2.05, 4.69) is 26.2 Å². The predicted octanol–water partition coefficient (Wildman–Crippen LogP) is 2.74. The van der Waals surface area contributed by atoms with Gasteiger partial charge in [0.1, 0.15) is 0 Å². The summed E-state index contributed by atoms with van der Waals surface area (Å²) in [5, 5.41) is 3.45. The van der Waals surface area contributed by atoms with Crippen molar-refractivity contribution in [3.63, 3.8) is 0 Å². The lowest BCUT2D eigenvalue weighted by Gasteiger charge is -2.33. The van der Waals surface area contributed by atoms with Crippen LogP contribution in [0.15, 0.2) is 0 Å². The third kappa shape index (κ3) is 3.94. The van der Waals surface area contributed by atoms with Gasteiger partial charge in [-0.25, -0.2) is 0 Å². The first-order valence-corrected chi connectivity index (χ1v) is 7.63. The third-order valence-corrected chi connectivity index (χ3v) is 4.51. The zero-order valence-corrected chi connectivity index (χ0v) is 12.2. The molecule has 0 aromatic rings. The topological polar surface area (TPSA) is 30.5 Å². The van der Waals surface area contributed by atoms with Gasteiger partial charge in [-0.1, -0.05) is 12.8 Å². The Morgan fingerprint density at radius 2 is 1.78 bits per heavy atom. The van der Waals surface area contributed by atoms with Gasteiger partial charge in [-0.2, -0.15) is 0 Å². The minimum absolute atomic E-state index is 0.346. The molecule has 0 bridgehead atoms. The van der Waals surface area contributed by atoms with Gasteiger partial charge >= 0.3 is 0 Å². The van der Waals surface area contributed by atoms with E-state index in [1.165, 1.54) is 25.7 Å². The fourth-order valence-electron chi connectivity index (χ4n) is 3.54. The molecule has 1 saturated heterocycles. The van der Waals surface area contributed by atoms with Crippen LogP contribution in [0.5, 0.6) is 0 Å². The molecule has 0 radical (unpaired) electrons. The van der Waals surface area contributed by atoms with Crippen LogP contribution in [0.3, 0.4) is 0 Å². The molecule has 0 aromatic carbocycles. The highest BCUT2D eigenvalue weighted by molar-refractivity contribution is 4.81. The SMILES string of the molecule is CNC(COC1CC(C)OC(C)C1)C1CCCC1. The van der Waals surface area contributed by atoms with Crippen molar-refractivity contribution in [2.45, 2.75) is 76.7 Å². The van der Waals surface area contributed by atoms with E-state index in [1.807, 2.05) is 0 Å². The Kier molecular flexibility index (Phi) is 5.46. The monoisotopic (exact) mass is 255 g/mol. The number of ether oxygens (including phenoxy) is 2. The average Bonchev–Trinajstić information content (AvgIpc) is 2.82. The Balaban J connectivity index is 1.74. The molecule has 3 atom stereocenters. The van der Waals surface area contributed by atoms with E-state index in [9.17, 15) is 0 Å². The molecule has 106 valence electrons. The fraction of sp³-hybridized carbons (Fsp3) is 1.00. The first-order valence-electron chi connectivity index (χ1n) is 7.63. The summed E-state index contributed by atoms with van der Waals surface area (Å²) in [6.45, 7) is 5.17. The van der Waals surface area contributed by atoms with Gasteiger partial charge in [0.2, 0.25) is 0 Å². The first kappa shape index (κ1) is 14.3. The molecular weight excluding hydrogens is 226 g/mol. The molecule has 2 aliphatic rings. The first-order chi connectivity index (χ1) is 8.69. The quantitative estimate of drug-likeness (QED) is 0.819. The van der Waals surface area contributed by atoms with Gasteiger partial charge in [0.05, 0.1) is 24.9 Å². The minimum atomic E-state index is 0.346. The van der Waals surface area contributed by atoms with Gasteiger partial charge in [-0.05, 0) is 52.5 Å². The highest BCUT2D eigenvalue weighted by atomic mass is 16.5. The molecule has 1 saturated carbocycles. The molecule has 3 nitrogen and oxygen atoms in total. The number of hydrogen-bond donors (Lipinski definition) is 1. The summed E-state index contributed by atoms with van der Waals surface area (Å²) in [6, 6.07) is 0.543. The number of rotatable bonds is 5. The Bertz CT molecular complexity index is 231. The van der Waals surface area contributed by atoms with E-state index in [0.29, 0.717) is 24.4 Å². The van der Waals surface area contributed by atoms with Crippen molar-refractivity contribution in [1.82, 2.24) is 5.32 Å². The van der Waals surface area contributed by atoms with E-state index in [0.717, 1.165) is 25.4 Å². The summed E-state index contributed by atoms with van der Waals surface area (Å²) in [6.07, 6.45) is 8.71. The standard InChI is InChI=1S/C15H29NO2/c1-11-8-14(9-12(2)18-11)17-10-15(16-3)13-6-4-5-7-13/h11-16H,4-10H2,1-3H3. The number of nitrogens with one attached hydrogen (secondary N) is 1. The highest BCUT2D eigenvalue weighted by Crippen LogP contribution is 2.28. The van der Waals surface area contributed by atoms with Crippen molar-refractivity contribution in [3.05, 3.63) is 0 Å². The number of likely N-dealkylation sites (N-methyl/N-ethyl adjacent to an activating group) is 1. The maximum Gasteiger partial charge on any atom is 0.0626 e.